The van der Waals surface area contributed by atoms with E-state index in [1.807, 2.05) is 0 Å². The van der Waals surface area contributed by atoms with Crippen molar-refractivity contribution in [1.29, 1.82) is 0 Å². The number of hydrogen-bond donors (Lipinski definition) is 0. The zero-order valence-corrected chi connectivity index (χ0v) is 12.1. The molecule has 6 heteroatoms. The van der Waals surface area contributed by atoms with Crippen LogP contribution in [0.4, 0.5) is 4.39 Å². The number of hydrogen-bond acceptors (Lipinski definition) is 3. The van der Waals surface area contributed by atoms with Crippen LogP contribution >= 0.6 is 0 Å². The summed E-state index contributed by atoms with van der Waals surface area (Å²) in [7, 11) is -2.10. The van der Waals surface area contributed by atoms with Crippen LogP contribution in [0.3, 0.4) is 0 Å². The van der Waals surface area contributed by atoms with Crippen molar-refractivity contribution in [2.75, 3.05) is 7.11 Å². The average Bonchev–Trinajstić information content (AvgIpc) is 2.71. The molecule has 0 aromatic heterocycles. The lowest BCUT2D eigenvalue weighted by atomic mass is 10.0. The first-order valence-corrected chi connectivity index (χ1v) is 8.29. The summed E-state index contributed by atoms with van der Waals surface area (Å²) in [6.07, 6.45) is 3.16. The van der Waals surface area contributed by atoms with Crippen molar-refractivity contribution in [2.45, 2.75) is 48.8 Å². The van der Waals surface area contributed by atoms with Crippen molar-refractivity contribution in [1.82, 2.24) is 4.31 Å². The van der Waals surface area contributed by atoms with Gasteiger partial charge in [-0.3, -0.25) is 0 Å². The normalized spacial score (nSPS) is 30.6. The number of methoxy groups -OCH3 is 1. The molecule has 0 radical (unpaired) electrons. The third-order valence-corrected chi connectivity index (χ3v) is 6.39. The highest BCUT2D eigenvalue weighted by molar-refractivity contribution is 7.89. The smallest absolute Gasteiger partial charge is 0.246 e. The van der Waals surface area contributed by atoms with Crippen molar-refractivity contribution in [3.8, 4) is 0 Å². The van der Waals surface area contributed by atoms with Gasteiger partial charge in [-0.1, -0.05) is 12.1 Å². The number of halogens is 1. The zero-order valence-electron chi connectivity index (χ0n) is 11.3. The summed E-state index contributed by atoms with van der Waals surface area (Å²) >= 11 is 0. The molecule has 2 unspecified atom stereocenters. The quantitative estimate of drug-likeness (QED) is 0.859. The summed E-state index contributed by atoms with van der Waals surface area (Å²) in [5.41, 5.74) is 0. The molecule has 2 saturated heterocycles. The topological polar surface area (TPSA) is 46.6 Å². The predicted molar refractivity (Wildman–Crippen MR) is 72.3 cm³/mol. The Morgan fingerprint density at radius 1 is 1.20 bits per heavy atom. The molecule has 1 aromatic carbocycles. The summed E-state index contributed by atoms with van der Waals surface area (Å²) in [6, 6.07) is 5.45. The van der Waals surface area contributed by atoms with E-state index in [2.05, 4.69) is 0 Å². The van der Waals surface area contributed by atoms with E-state index in [-0.39, 0.29) is 23.1 Å². The molecular formula is C14H18FNO3S. The average molecular weight is 299 g/mol. The molecule has 2 aliphatic rings. The van der Waals surface area contributed by atoms with E-state index in [1.54, 1.807) is 13.2 Å². The molecule has 20 heavy (non-hydrogen) atoms. The number of rotatable bonds is 3. The summed E-state index contributed by atoms with van der Waals surface area (Å²) < 4.78 is 46.1. The molecule has 3 rings (SSSR count). The Balaban J connectivity index is 1.96. The van der Waals surface area contributed by atoms with E-state index in [0.717, 1.165) is 12.8 Å². The van der Waals surface area contributed by atoms with E-state index in [1.165, 1.54) is 22.5 Å². The van der Waals surface area contributed by atoms with Crippen molar-refractivity contribution >= 4 is 10.0 Å². The number of piperidine rings is 1. The number of benzene rings is 1. The molecular weight excluding hydrogens is 281 g/mol. The van der Waals surface area contributed by atoms with E-state index < -0.39 is 15.8 Å². The van der Waals surface area contributed by atoms with Crippen LogP contribution in [-0.4, -0.2) is 38.0 Å². The maximum atomic E-state index is 13.8. The number of sulfonamides is 1. The fraction of sp³-hybridized carbons (Fsp3) is 0.571. The number of fused-ring (bicyclic) bond motifs is 2. The van der Waals surface area contributed by atoms with Gasteiger partial charge in [-0.15, -0.1) is 0 Å². The standard InChI is InChI=1S/C14H18FNO3S/c1-19-12-8-10-6-7-11(9-12)16(10)20(17,18)14-5-3-2-4-13(14)15/h2-5,10-12H,6-9H2,1H3. The molecule has 2 atom stereocenters. The van der Waals surface area contributed by atoms with Crippen LogP contribution < -0.4 is 0 Å². The number of nitrogens with zero attached hydrogens (tertiary/aromatic N) is 1. The maximum absolute atomic E-state index is 13.8. The zero-order chi connectivity index (χ0) is 14.3. The fourth-order valence-electron chi connectivity index (χ4n) is 3.44. The Bertz CT molecular complexity index is 590. The molecule has 2 heterocycles. The first-order valence-electron chi connectivity index (χ1n) is 6.85. The predicted octanol–water partition coefficient (Wildman–Crippen LogP) is 2.16. The molecule has 0 saturated carbocycles. The van der Waals surface area contributed by atoms with E-state index in [4.69, 9.17) is 4.74 Å². The van der Waals surface area contributed by atoms with Crippen LogP contribution in [0.15, 0.2) is 29.2 Å². The lowest BCUT2D eigenvalue weighted by molar-refractivity contribution is 0.0349. The molecule has 2 aliphatic heterocycles. The van der Waals surface area contributed by atoms with Gasteiger partial charge in [-0.2, -0.15) is 4.31 Å². The molecule has 4 nitrogen and oxygen atoms in total. The largest absolute Gasteiger partial charge is 0.381 e. The Hall–Kier alpha value is -0.980. The first kappa shape index (κ1) is 14.0. The molecule has 0 N–H and O–H groups in total. The van der Waals surface area contributed by atoms with E-state index in [0.29, 0.717) is 12.8 Å². The van der Waals surface area contributed by atoms with Gasteiger partial charge in [-0.25, -0.2) is 12.8 Å². The second-order valence-electron chi connectivity index (χ2n) is 5.48. The van der Waals surface area contributed by atoms with Crippen LogP contribution in [-0.2, 0) is 14.8 Å². The highest BCUT2D eigenvalue weighted by atomic mass is 32.2. The van der Waals surface area contributed by atoms with E-state index >= 15 is 0 Å². The van der Waals surface area contributed by atoms with Crippen molar-refractivity contribution < 1.29 is 17.5 Å². The Morgan fingerprint density at radius 3 is 2.35 bits per heavy atom. The highest BCUT2D eigenvalue weighted by Gasteiger charge is 2.47. The minimum absolute atomic E-state index is 0.0664. The van der Waals surface area contributed by atoms with Crippen molar-refractivity contribution in [3.05, 3.63) is 30.1 Å². The molecule has 1 aromatic rings. The third-order valence-electron chi connectivity index (χ3n) is 4.35. The SMILES string of the molecule is COC1CC2CCC(C1)N2S(=O)(=O)c1ccccc1F. The highest BCUT2D eigenvalue weighted by Crippen LogP contribution is 2.40. The minimum atomic E-state index is -3.76. The van der Waals surface area contributed by atoms with Gasteiger partial charge in [0, 0.05) is 19.2 Å². The molecule has 0 spiro atoms. The van der Waals surface area contributed by atoms with Gasteiger partial charge < -0.3 is 4.74 Å². The van der Waals surface area contributed by atoms with Crippen LogP contribution in [0.2, 0.25) is 0 Å². The molecule has 0 aliphatic carbocycles. The van der Waals surface area contributed by atoms with Crippen molar-refractivity contribution in [2.24, 2.45) is 0 Å². The molecule has 0 amide bonds. The first-order chi connectivity index (χ1) is 9.54. The second kappa shape index (κ2) is 5.09. The van der Waals surface area contributed by atoms with Crippen LogP contribution in [0.5, 0.6) is 0 Å². The maximum Gasteiger partial charge on any atom is 0.246 e. The van der Waals surface area contributed by atoms with E-state index in [9.17, 15) is 12.8 Å². The Kier molecular flexibility index (Phi) is 3.56. The van der Waals surface area contributed by atoms with Gasteiger partial charge in [0.05, 0.1) is 6.10 Å². The third kappa shape index (κ3) is 2.16. The lowest BCUT2D eigenvalue weighted by Gasteiger charge is -2.37. The summed E-state index contributed by atoms with van der Waals surface area (Å²) in [5.74, 6) is -0.680. The van der Waals surface area contributed by atoms with Crippen LogP contribution in [0.25, 0.3) is 0 Å². The molecule has 2 bridgehead atoms. The van der Waals surface area contributed by atoms with Gasteiger partial charge in [-0.05, 0) is 37.8 Å². The fourth-order valence-corrected chi connectivity index (χ4v) is 5.40. The van der Waals surface area contributed by atoms with Gasteiger partial charge in [0.1, 0.15) is 10.7 Å². The van der Waals surface area contributed by atoms with Gasteiger partial charge >= 0.3 is 0 Å². The molecule has 110 valence electrons. The summed E-state index contributed by atoms with van der Waals surface area (Å²) in [4.78, 5) is -0.215. The summed E-state index contributed by atoms with van der Waals surface area (Å²) in [6.45, 7) is 0. The second-order valence-corrected chi connectivity index (χ2v) is 7.29. The number of ether oxygens (including phenoxy) is 1. The minimum Gasteiger partial charge on any atom is -0.381 e. The van der Waals surface area contributed by atoms with Crippen molar-refractivity contribution in [3.63, 3.8) is 0 Å². The Morgan fingerprint density at radius 2 is 1.80 bits per heavy atom. The van der Waals surface area contributed by atoms with Crippen LogP contribution in [0, 0.1) is 5.82 Å². The monoisotopic (exact) mass is 299 g/mol. The molecule has 2 fully saturated rings. The summed E-state index contributed by atoms with van der Waals surface area (Å²) in [5, 5.41) is 0. The Labute approximate surface area is 118 Å². The van der Waals surface area contributed by atoms with Crippen LogP contribution in [0.1, 0.15) is 25.7 Å². The van der Waals surface area contributed by atoms with Gasteiger partial charge in [0.25, 0.3) is 0 Å². The van der Waals surface area contributed by atoms with Gasteiger partial charge in [0.15, 0.2) is 0 Å². The van der Waals surface area contributed by atoms with Gasteiger partial charge in [0.2, 0.25) is 10.0 Å². The lowest BCUT2D eigenvalue weighted by Crippen LogP contribution is -2.48.